The Morgan fingerprint density at radius 1 is 1.53 bits per heavy atom. The van der Waals surface area contributed by atoms with Gasteiger partial charge in [-0.05, 0) is 19.1 Å². The molecule has 19 heavy (non-hydrogen) atoms. The Labute approximate surface area is 113 Å². The summed E-state index contributed by atoms with van der Waals surface area (Å²) in [4.78, 5) is 11.0. The number of thiophene rings is 1. The second kappa shape index (κ2) is 5.02. The number of H-pyrrole nitrogens is 1. The van der Waals surface area contributed by atoms with E-state index >= 15 is 0 Å². The number of rotatable bonds is 5. The highest BCUT2D eigenvalue weighted by Gasteiger charge is 2.19. The predicted octanol–water partition coefficient (Wildman–Crippen LogP) is 1.21. The Morgan fingerprint density at radius 3 is 2.84 bits per heavy atom. The van der Waals surface area contributed by atoms with E-state index < -0.39 is 16.0 Å². The van der Waals surface area contributed by atoms with Crippen LogP contribution in [-0.4, -0.2) is 29.7 Å². The van der Waals surface area contributed by atoms with Gasteiger partial charge in [0.15, 0.2) is 0 Å². The van der Waals surface area contributed by atoms with Gasteiger partial charge in [0, 0.05) is 10.4 Å². The lowest BCUT2D eigenvalue weighted by molar-refractivity contribution is -0.136. The number of nitrogens with zero attached hydrogens (tertiary/aromatic N) is 1. The van der Waals surface area contributed by atoms with E-state index in [9.17, 15) is 13.2 Å². The molecule has 0 fully saturated rings. The molecule has 2 aromatic heterocycles. The molecule has 0 atom stereocenters. The van der Waals surface area contributed by atoms with E-state index in [-0.39, 0.29) is 10.6 Å². The molecule has 0 radical (unpaired) electrons. The van der Waals surface area contributed by atoms with Crippen LogP contribution in [0.25, 0.3) is 0 Å². The van der Waals surface area contributed by atoms with E-state index in [1.165, 1.54) is 18.3 Å². The van der Waals surface area contributed by atoms with Crippen molar-refractivity contribution in [3.05, 3.63) is 28.8 Å². The molecular weight excluding hydrogens is 290 g/mol. The molecule has 9 heteroatoms. The predicted molar refractivity (Wildman–Crippen MR) is 69.8 cm³/mol. The minimum absolute atomic E-state index is 0.0674. The van der Waals surface area contributed by atoms with E-state index in [1.54, 1.807) is 6.92 Å². The average molecular weight is 301 g/mol. The molecule has 0 aliphatic carbocycles. The van der Waals surface area contributed by atoms with Gasteiger partial charge >= 0.3 is 5.97 Å². The molecular formula is C10H11N3O4S2. The second-order valence-corrected chi connectivity index (χ2v) is 6.90. The van der Waals surface area contributed by atoms with Gasteiger partial charge in [-0.1, -0.05) is 0 Å². The third-order valence-corrected chi connectivity index (χ3v) is 5.22. The first-order valence-corrected chi connectivity index (χ1v) is 7.52. The number of sulfonamides is 1. The molecule has 0 saturated carbocycles. The third kappa shape index (κ3) is 3.12. The van der Waals surface area contributed by atoms with Crippen molar-refractivity contribution in [2.24, 2.45) is 0 Å². The third-order valence-electron chi connectivity index (χ3n) is 2.29. The molecule has 2 rings (SSSR count). The highest BCUT2D eigenvalue weighted by atomic mass is 32.2. The van der Waals surface area contributed by atoms with Gasteiger partial charge in [-0.3, -0.25) is 14.6 Å². The first-order valence-electron chi connectivity index (χ1n) is 5.22. The van der Waals surface area contributed by atoms with Crippen molar-refractivity contribution in [1.82, 2.24) is 10.2 Å². The van der Waals surface area contributed by atoms with Gasteiger partial charge in [0.2, 0.25) is 0 Å². The lowest BCUT2D eigenvalue weighted by atomic mass is 10.3. The maximum absolute atomic E-state index is 12.1. The van der Waals surface area contributed by atoms with Crippen LogP contribution in [0.15, 0.2) is 22.5 Å². The zero-order valence-electron chi connectivity index (χ0n) is 9.87. The summed E-state index contributed by atoms with van der Waals surface area (Å²) in [6.07, 6.45) is 1.31. The summed E-state index contributed by atoms with van der Waals surface area (Å²) in [5.74, 6) is -0.698. The van der Waals surface area contributed by atoms with Crippen molar-refractivity contribution >= 4 is 33.1 Å². The number of carboxylic acid groups (broad SMARTS) is 1. The summed E-state index contributed by atoms with van der Waals surface area (Å²) in [5.41, 5.74) is 0.672. The Kier molecular flexibility index (Phi) is 3.58. The minimum Gasteiger partial charge on any atom is -0.481 e. The number of hydrogen-bond donors (Lipinski definition) is 3. The van der Waals surface area contributed by atoms with Crippen LogP contribution in [0.5, 0.6) is 0 Å². The zero-order valence-corrected chi connectivity index (χ0v) is 11.5. The van der Waals surface area contributed by atoms with Crippen molar-refractivity contribution in [2.75, 3.05) is 4.72 Å². The first-order chi connectivity index (χ1) is 8.88. The minimum atomic E-state index is -3.72. The Bertz CT molecular complexity index is 702. The molecule has 0 bridgehead atoms. The lowest BCUT2D eigenvalue weighted by Gasteiger charge is -2.04. The van der Waals surface area contributed by atoms with Crippen LogP contribution in [0.3, 0.4) is 0 Å². The SMILES string of the molecule is Cc1cn[nH]c1NS(=O)(=O)c1ccc(CC(=O)O)s1. The van der Waals surface area contributed by atoms with Gasteiger partial charge in [-0.2, -0.15) is 5.10 Å². The van der Waals surface area contributed by atoms with Crippen LogP contribution < -0.4 is 4.72 Å². The zero-order chi connectivity index (χ0) is 14.0. The normalized spacial score (nSPS) is 11.4. The summed E-state index contributed by atoms with van der Waals surface area (Å²) in [5, 5.41) is 14.9. The molecule has 0 aromatic carbocycles. The largest absolute Gasteiger partial charge is 0.481 e. The van der Waals surface area contributed by atoms with Gasteiger partial charge in [0.25, 0.3) is 10.0 Å². The summed E-state index contributed by atoms with van der Waals surface area (Å²) in [6.45, 7) is 1.71. The van der Waals surface area contributed by atoms with Crippen LogP contribution in [0.4, 0.5) is 5.82 Å². The molecule has 0 spiro atoms. The van der Waals surface area contributed by atoms with Gasteiger partial charge < -0.3 is 5.11 Å². The number of aromatic nitrogens is 2. The maximum atomic E-state index is 12.1. The summed E-state index contributed by atoms with van der Waals surface area (Å²) in [6, 6.07) is 2.88. The molecule has 2 aromatic rings. The van der Waals surface area contributed by atoms with Gasteiger partial charge in [-0.15, -0.1) is 11.3 Å². The van der Waals surface area contributed by atoms with Crippen LogP contribution in [0.1, 0.15) is 10.4 Å². The van der Waals surface area contributed by atoms with Crippen molar-refractivity contribution in [2.45, 2.75) is 17.6 Å². The maximum Gasteiger partial charge on any atom is 0.308 e. The number of aryl methyl sites for hydroxylation is 1. The fraction of sp³-hybridized carbons (Fsp3) is 0.200. The Hall–Kier alpha value is -1.87. The monoisotopic (exact) mass is 301 g/mol. The van der Waals surface area contributed by atoms with E-state index in [4.69, 9.17) is 5.11 Å². The van der Waals surface area contributed by atoms with Crippen molar-refractivity contribution < 1.29 is 18.3 Å². The van der Waals surface area contributed by atoms with Gasteiger partial charge in [0.05, 0.1) is 12.6 Å². The van der Waals surface area contributed by atoms with Gasteiger partial charge in [0.1, 0.15) is 10.0 Å². The number of anilines is 1. The van der Waals surface area contributed by atoms with Crippen LogP contribution in [-0.2, 0) is 21.2 Å². The van der Waals surface area contributed by atoms with E-state index in [2.05, 4.69) is 14.9 Å². The molecule has 0 unspecified atom stereocenters. The topological polar surface area (TPSA) is 112 Å². The summed E-state index contributed by atoms with van der Waals surface area (Å²) >= 11 is 0.930. The number of carboxylic acids is 1. The summed E-state index contributed by atoms with van der Waals surface area (Å²) in [7, 11) is -3.72. The number of aromatic amines is 1. The van der Waals surface area contributed by atoms with Crippen molar-refractivity contribution in [3.63, 3.8) is 0 Å². The molecule has 102 valence electrons. The average Bonchev–Trinajstić information content (AvgIpc) is 2.88. The molecule has 7 nitrogen and oxygen atoms in total. The van der Waals surface area contributed by atoms with Crippen molar-refractivity contribution in [1.29, 1.82) is 0 Å². The van der Waals surface area contributed by atoms with E-state index in [1.807, 2.05) is 0 Å². The molecule has 3 N–H and O–H groups in total. The van der Waals surface area contributed by atoms with E-state index in [0.29, 0.717) is 16.3 Å². The lowest BCUT2D eigenvalue weighted by Crippen LogP contribution is -2.12. The van der Waals surface area contributed by atoms with Crippen LogP contribution >= 0.6 is 11.3 Å². The van der Waals surface area contributed by atoms with Gasteiger partial charge in [-0.25, -0.2) is 8.42 Å². The smallest absolute Gasteiger partial charge is 0.308 e. The quantitative estimate of drug-likeness (QED) is 0.768. The first kappa shape index (κ1) is 13.6. The fourth-order valence-electron chi connectivity index (χ4n) is 1.38. The second-order valence-electron chi connectivity index (χ2n) is 3.82. The number of hydrogen-bond acceptors (Lipinski definition) is 5. The highest BCUT2D eigenvalue weighted by Crippen LogP contribution is 2.24. The fourth-order valence-corrected chi connectivity index (χ4v) is 3.82. The van der Waals surface area contributed by atoms with E-state index in [0.717, 1.165) is 11.3 Å². The highest BCUT2D eigenvalue weighted by molar-refractivity contribution is 7.94. The molecule has 0 aliphatic rings. The molecule has 0 aliphatic heterocycles. The number of nitrogens with one attached hydrogen (secondary N) is 2. The molecule has 2 heterocycles. The Balaban J connectivity index is 2.22. The van der Waals surface area contributed by atoms with Crippen LogP contribution in [0.2, 0.25) is 0 Å². The number of carbonyl (C=O) groups is 1. The number of aliphatic carboxylic acids is 1. The van der Waals surface area contributed by atoms with Crippen LogP contribution in [0, 0.1) is 6.92 Å². The Morgan fingerprint density at radius 2 is 2.26 bits per heavy atom. The standard InChI is InChI=1S/C10H11N3O4S2/c1-6-5-11-12-10(6)13-19(16,17)9-3-2-7(18-9)4-8(14)15/h2-3,5H,4H2,1H3,(H,14,15)(H2,11,12,13). The summed E-state index contributed by atoms with van der Waals surface area (Å²) < 4.78 is 26.5. The molecule has 0 amide bonds. The molecule has 0 saturated heterocycles. The van der Waals surface area contributed by atoms with Crippen molar-refractivity contribution in [3.8, 4) is 0 Å².